The lowest BCUT2D eigenvalue weighted by atomic mass is 10.1. The van der Waals surface area contributed by atoms with E-state index in [4.69, 9.17) is 9.15 Å². The number of rotatable bonds is 7. The van der Waals surface area contributed by atoms with Crippen LogP contribution < -0.4 is 15.4 Å². The zero-order valence-corrected chi connectivity index (χ0v) is 19.7. The summed E-state index contributed by atoms with van der Waals surface area (Å²) in [5, 5.41) is 5.63. The van der Waals surface area contributed by atoms with E-state index in [1.807, 2.05) is 32.0 Å². The average Bonchev–Trinajstić information content (AvgIpc) is 3.53. The minimum Gasteiger partial charge on any atom is -0.484 e. The van der Waals surface area contributed by atoms with Crippen molar-refractivity contribution >= 4 is 40.9 Å². The Hall–Kier alpha value is -3.72. The summed E-state index contributed by atoms with van der Waals surface area (Å²) in [6.45, 7) is 3.78. The molecule has 0 radical (unpaired) electrons. The van der Waals surface area contributed by atoms with Gasteiger partial charge in [-0.3, -0.25) is 14.4 Å². The van der Waals surface area contributed by atoms with Gasteiger partial charge in [-0.25, -0.2) is 0 Å². The molecule has 34 heavy (non-hydrogen) atoms. The Kier molecular flexibility index (Phi) is 7.22. The van der Waals surface area contributed by atoms with Gasteiger partial charge in [0.1, 0.15) is 11.8 Å². The van der Waals surface area contributed by atoms with Gasteiger partial charge in [0.2, 0.25) is 5.91 Å². The van der Waals surface area contributed by atoms with Gasteiger partial charge >= 0.3 is 0 Å². The van der Waals surface area contributed by atoms with E-state index in [1.165, 1.54) is 22.9 Å². The number of benzene rings is 2. The first kappa shape index (κ1) is 23.4. The number of furan rings is 1. The van der Waals surface area contributed by atoms with Crippen LogP contribution in [0.3, 0.4) is 0 Å². The highest BCUT2D eigenvalue weighted by Gasteiger charge is 2.34. The quantitative estimate of drug-likeness (QED) is 0.530. The number of thioether (sulfide) groups is 1. The van der Waals surface area contributed by atoms with Crippen molar-refractivity contribution in [2.75, 3.05) is 28.9 Å². The molecule has 1 saturated heterocycles. The highest BCUT2D eigenvalue weighted by Crippen LogP contribution is 2.24. The highest BCUT2D eigenvalue weighted by atomic mass is 32.2. The van der Waals surface area contributed by atoms with Gasteiger partial charge < -0.3 is 24.7 Å². The van der Waals surface area contributed by atoms with Crippen LogP contribution in [0, 0.1) is 13.8 Å². The van der Waals surface area contributed by atoms with E-state index >= 15 is 0 Å². The van der Waals surface area contributed by atoms with Gasteiger partial charge in [-0.2, -0.15) is 0 Å². The standard InChI is InChI=1S/C25H25N3O5S/c1-16-8-9-19(11-17(16)2)26-24(30)21-14-34-15-28(21)23(29)13-33-20-6-3-5-18(12-20)27-25(31)22-7-4-10-32-22/h3-12,21H,13-15H2,1-2H3,(H,26,30)(H,27,31). The van der Waals surface area contributed by atoms with Gasteiger partial charge in [-0.15, -0.1) is 11.8 Å². The normalized spacial score (nSPS) is 15.1. The summed E-state index contributed by atoms with van der Waals surface area (Å²) in [7, 11) is 0. The molecule has 2 heterocycles. The fraction of sp³-hybridized carbons (Fsp3) is 0.240. The molecule has 2 N–H and O–H groups in total. The maximum absolute atomic E-state index is 12.8. The van der Waals surface area contributed by atoms with Crippen molar-refractivity contribution in [1.29, 1.82) is 0 Å². The molecule has 4 rings (SSSR count). The second-order valence-corrected chi connectivity index (χ2v) is 8.92. The lowest BCUT2D eigenvalue weighted by Gasteiger charge is -2.23. The third-order valence-corrected chi connectivity index (χ3v) is 6.49. The number of carbonyl (C=O) groups is 3. The van der Waals surface area contributed by atoms with Crippen LogP contribution in [0.25, 0.3) is 0 Å². The third kappa shape index (κ3) is 5.60. The summed E-state index contributed by atoms with van der Waals surface area (Å²) < 4.78 is 10.7. The summed E-state index contributed by atoms with van der Waals surface area (Å²) in [6, 6.07) is 15.1. The molecule has 0 aliphatic carbocycles. The first-order valence-corrected chi connectivity index (χ1v) is 11.9. The van der Waals surface area contributed by atoms with Crippen molar-refractivity contribution < 1.29 is 23.5 Å². The maximum Gasteiger partial charge on any atom is 0.291 e. The van der Waals surface area contributed by atoms with E-state index in [9.17, 15) is 14.4 Å². The second-order valence-electron chi connectivity index (χ2n) is 7.92. The van der Waals surface area contributed by atoms with Crippen LogP contribution in [0.15, 0.2) is 65.3 Å². The zero-order chi connectivity index (χ0) is 24.1. The molecular formula is C25H25N3O5S. The van der Waals surface area contributed by atoms with E-state index in [2.05, 4.69) is 10.6 Å². The lowest BCUT2D eigenvalue weighted by Crippen LogP contribution is -2.46. The fourth-order valence-corrected chi connectivity index (χ4v) is 4.62. The Bertz CT molecular complexity index is 1200. The number of aryl methyl sites for hydroxylation is 2. The summed E-state index contributed by atoms with van der Waals surface area (Å²) >= 11 is 1.53. The first-order valence-electron chi connectivity index (χ1n) is 10.7. The summed E-state index contributed by atoms with van der Waals surface area (Å²) in [6.07, 6.45) is 1.42. The molecule has 1 atom stereocenters. The number of hydrogen-bond donors (Lipinski definition) is 2. The molecule has 176 valence electrons. The lowest BCUT2D eigenvalue weighted by molar-refractivity contribution is -0.137. The van der Waals surface area contributed by atoms with Crippen LogP contribution in [-0.4, -0.2) is 46.9 Å². The molecule has 2 aromatic carbocycles. The topological polar surface area (TPSA) is 101 Å². The fourth-order valence-electron chi connectivity index (χ4n) is 3.44. The molecule has 3 amide bonds. The molecule has 9 heteroatoms. The van der Waals surface area contributed by atoms with Crippen LogP contribution in [0.5, 0.6) is 5.75 Å². The van der Waals surface area contributed by atoms with Crippen molar-refractivity contribution in [3.05, 3.63) is 77.7 Å². The van der Waals surface area contributed by atoms with Gasteiger partial charge in [-0.1, -0.05) is 12.1 Å². The highest BCUT2D eigenvalue weighted by molar-refractivity contribution is 7.99. The van der Waals surface area contributed by atoms with Crippen LogP contribution in [-0.2, 0) is 9.59 Å². The third-order valence-electron chi connectivity index (χ3n) is 5.48. The molecule has 1 unspecified atom stereocenters. The number of ether oxygens (including phenoxy) is 1. The monoisotopic (exact) mass is 479 g/mol. The van der Waals surface area contributed by atoms with Crippen molar-refractivity contribution in [2.24, 2.45) is 0 Å². The Balaban J connectivity index is 1.33. The van der Waals surface area contributed by atoms with Crippen LogP contribution in [0.1, 0.15) is 21.7 Å². The molecular weight excluding hydrogens is 454 g/mol. The van der Waals surface area contributed by atoms with Gasteiger partial charge in [0, 0.05) is 23.2 Å². The summed E-state index contributed by atoms with van der Waals surface area (Å²) in [4.78, 5) is 39.3. The summed E-state index contributed by atoms with van der Waals surface area (Å²) in [5.74, 6) is 0.680. The maximum atomic E-state index is 12.8. The number of nitrogens with zero attached hydrogens (tertiary/aromatic N) is 1. The second kappa shape index (κ2) is 10.5. The van der Waals surface area contributed by atoms with Gasteiger partial charge in [0.25, 0.3) is 11.8 Å². The average molecular weight is 480 g/mol. The van der Waals surface area contributed by atoms with Crippen LogP contribution in [0.4, 0.5) is 11.4 Å². The van der Waals surface area contributed by atoms with Crippen molar-refractivity contribution in [2.45, 2.75) is 19.9 Å². The zero-order valence-electron chi connectivity index (χ0n) is 18.9. The number of amides is 3. The van der Waals surface area contributed by atoms with Gasteiger partial charge in [0.15, 0.2) is 12.4 Å². The number of nitrogens with one attached hydrogen (secondary N) is 2. The number of anilines is 2. The van der Waals surface area contributed by atoms with Crippen molar-refractivity contribution in [1.82, 2.24) is 4.90 Å². The molecule has 8 nitrogen and oxygen atoms in total. The molecule has 1 aliphatic heterocycles. The molecule has 0 bridgehead atoms. The number of carbonyl (C=O) groups excluding carboxylic acids is 3. The predicted octanol–water partition coefficient (Wildman–Crippen LogP) is 4.07. The van der Waals surface area contributed by atoms with Crippen LogP contribution >= 0.6 is 11.8 Å². The smallest absolute Gasteiger partial charge is 0.291 e. The SMILES string of the molecule is Cc1ccc(NC(=O)C2CSCN2C(=O)COc2cccc(NC(=O)c3ccco3)c2)cc1C. The van der Waals surface area contributed by atoms with E-state index < -0.39 is 6.04 Å². The van der Waals surface area contributed by atoms with Gasteiger partial charge in [0.05, 0.1) is 12.1 Å². The van der Waals surface area contributed by atoms with E-state index in [-0.39, 0.29) is 30.1 Å². The predicted molar refractivity (Wildman–Crippen MR) is 131 cm³/mol. The first-order chi connectivity index (χ1) is 16.4. The molecule has 0 spiro atoms. The number of hydrogen-bond acceptors (Lipinski definition) is 6. The Morgan fingerprint density at radius 3 is 2.62 bits per heavy atom. The Labute approximate surface area is 201 Å². The Morgan fingerprint density at radius 2 is 1.85 bits per heavy atom. The molecule has 1 aromatic heterocycles. The van der Waals surface area contributed by atoms with Gasteiger partial charge in [-0.05, 0) is 61.4 Å². The summed E-state index contributed by atoms with van der Waals surface area (Å²) in [5.41, 5.74) is 3.45. The largest absolute Gasteiger partial charge is 0.484 e. The molecule has 1 aliphatic rings. The molecule has 3 aromatic rings. The van der Waals surface area contributed by atoms with Crippen molar-refractivity contribution in [3.63, 3.8) is 0 Å². The molecule has 0 saturated carbocycles. The van der Waals surface area contributed by atoms with Crippen LogP contribution in [0.2, 0.25) is 0 Å². The molecule has 1 fully saturated rings. The van der Waals surface area contributed by atoms with Crippen molar-refractivity contribution in [3.8, 4) is 5.75 Å². The Morgan fingerprint density at radius 1 is 1.03 bits per heavy atom. The minimum absolute atomic E-state index is 0.193. The minimum atomic E-state index is -0.568. The van der Waals surface area contributed by atoms with E-state index in [0.29, 0.717) is 28.8 Å². The van der Waals surface area contributed by atoms with E-state index in [0.717, 1.165) is 11.1 Å². The van der Waals surface area contributed by atoms with E-state index in [1.54, 1.807) is 36.4 Å².